The van der Waals surface area contributed by atoms with Crippen molar-refractivity contribution in [1.29, 1.82) is 0 Å². The van der Waals surface area contributed by atoms with Crippen molar-refractivity contribution in [3.8, 4) is 0 Å². The first-order chi connectivity index (χ1) is 14.4. The number of nitrogens with one attached hydrogen (secondary N) is 1. The first-order valence-electron chi connectivity index (χ1n) is 7.74. The molecule has 1 fully saturated rings. The highest BCUT2D eigenvalue weighted by atomic mass is 35.5. The van der Waals surface area contributed by atoms with E-state index >= 15 is 0 Å². The second kappa shape index (κ2) is 9.29. The number of nitrogens with zero attached hydrogens (tertiary/aromatic N) is 1. The van der Waals surface area contributed by atoms with Crippen LogP contribution < -0.4 is 11.2 Å². The molecule has 22 heteroatoms. The van der Waals surface area contributed by atoms with E-state index in [2.05, 4.69) is 13.1 Å². The third-order valence-corrected chi connectivity index (χ3v) is 8.63. The van der Waals surface area contributed by atoms with Gasteiger partial charge in [0.25, 0.3) is 5.56 Å². The minimum atomic E-state index is -5.82. The highest BCUT2D eigenvalue weighted by molar-refractivity contribution is 7.66. The van der Waals surface area contributed by atoms with Crippen LogP contribution >= 0.6 is 46.7 Å². The third-order valence-electron chi connectivity index (χ3n) is 3.89. The number of hydrogen-bond acceptors (Lipinski definition) is 10. The van der Waals surface area contributed by atoms with E-state index in [0.29, 0.717) is 10.8 Å². The maximum Gasteiger partial charge on any atom is 0.490 e. The molecular weight excluding hydrogens is 555 g/mol. The molecule has 1 aliphatic rings. The molecule has 1 saturated heterocycles. The normalized spacial score (nSPS) is 30.1. The summed E-state index contributed by atoms with van der Waals surface area (Å²) in [6.07, 6.45) is -1.72. The number of aromatic amines is 1. The Hall–Kier alpha value is -0.480. The van der Waals surface area contributed by atoms with Crippen molar-refractivity contribution in [3.63, 3.8) is 0 Å². The second-order valence-corrected chi connectivity index (χ2v) is 11.5. The average molecular weight is 569 g/mol. The number of ether oxygens (including phenoxy) is 1. The zero-order valence-corrected chi connectivity index (χ0v) is 19.3. The van der Waals surface area contributed by atoms with Crippen LogP contribution in [0.3, 0.4) is 0 Å². The van der Waals surface area contributed by atoms with Gasteiger partial charge >= 0.3 is 29.2 Å². The molecule has 184 valence electrons. The van der Waals surface area contributed by atoms with E-state index in [-0.39, 0.29) is 0 Å². The fourth-order valence-electron chi connectivity index (χ4n) is 2.50. The third kappa shape index (κ3) is 6.14. The molecule has 6 N–H and O–H groups in total. The first kappa shape index (κ1) is 27.8. The van der Waals surface area contributed by atoms with Crippen LogP contribution in [-0.4, -0.2) is 65.0 Å². The monoisotopic (exact) mass is 568 g/mol. The fourth-order valence-corrected chi connectivity index (χ4v) is 6.25. The number of alkyl halides is 2. The largest absolute Gasteiger partial charge is 0.490 e. The van der Waals surface area contributed by atoms with Crippen LogP contribution in [0.5, 0.6) is 0 Å². The number of H-pyrrole nitrogens is 1. The number of aromatic nitrogens is 2. The van der Waals surface area contributed by atoms with Crippen LogP contribution in [0.1, 0.15) is 0 Å². The minimum Gasteiger partial charge on any atom is -0.386 e. The Labute approximate surface area is 185 Å². The number of rotatable bonds is 9. The van der Waals surface area contributed by atoms with Gasteiger partial charge in [0, 0.05) is 0 Å². The SMILES string of the molecule is O=c1[nH]c(=O)n([C@@]2(Cl)CO[C@](CCl)(COP(=O)(O)OP(=O)(O)OP(=O)(O)O)[C@H]2O)cc1F. The van der Waals surface area contributed by atoms with Crippen LogP contribution in [0, 0.1) is 5.82 Å². The lowest BCUT2D eigenvalue weighted by Gasteiger charge is -2.33. The lowest BCUT2D eigenvalue weighted by molar-refractivity contribution is -0.0748. The molecule has 0 aliphatic carbocycles. The van der Waals surface area contributed by atoms with Gasteiger partial charge in [0.1, 0.15) is 11.7 Å². The molecule has 16 nitrogen and oxygen atoms in total. The Bertz CT molecular complexity index is 1140. The molecule has 2 heterocycles. The smallest absolute Gasteiger partial charge is 0.386 e. The minimum absolute atomic E-state index is 0.368. The Morgan fingerprint density at radius 2 is 1.81 bits per heavy atom. The molecule has 5 atom stereocenters. The van der Waals surface area contributed by atoms with Crippen molar-refractivity contribution >= 4 is 46.7 Å². The number of halogens is 3. The van der Waals surface area contributed by atoms with Gasteiger partial charge in [-0.05, 0) is 0 Å². The van der Waals surface area contributed by atoms with Gasteiger partial charge in [0.2, 0.25) is 5.82 Å². The van der Waals surface area contributed by atoms with Crippen molar-refractivity contribution in [1.82, 2.24) is 9.55 Å². The first-order valence-corrected chi connectivity index (χ1v) is 13.2. The molecule has 0 spiro atoms. The summed E-state index contributed by atoms with van der Waals surface area (Å²) in [5, 5.41) is 10.6. The molecule has 0 saturated carbocycles. The molecule has 0 bridgehead atoms. The summed E-state index contributed by atoms with van der Waals surface area (Å²) in [7, 11) is -17.1. The summed E-state index contributed by atoms with van der Waals surface area (Å²) in [6, 6.07) is 0. The molecule has 1 aromatic rings. The molecular formula is C10H14Cl2FN2O14P3. The summed E-state index contributed by atoms with van der Waals surface area (Å²) in [4.78, 5) is 58.2. The Kier molecular flexibility index (Phi) is 8.06. The molecule has 0 radical (unpaired) electrons. The lowest BCUT2D eigenvalue weighted by atomic mass is 9.96. The molecule has 2 unspecified atom stereocenters. The van der Waals surface area contributed by atoms with E-state index in [1.165, 1.54) is 0 Å². The molecule has 32 heavy (non-hydrogen) atoms. The van der Waals surface area contributed by atoms with Crippen molar-refractivity contribution in [2.24, 2.45) is 0 Å². The van der Waals surface area contributed by atoms with Crippen LogP contribution in [0.15, 0.2) is 15.8 Å². The van der Waals surface area contributed by atoms with Gasteiger partial charge < -0.3 is 29.4 Å². The average Bonchev–Trinajstić information content (AvgIpc) is 2.86. The molecule has 1 aliphatic heterocycles. The Morgan fingerprint density at radius 3 is 2.34 bits per heavy atom. The second-order valence-electron chi connectivity index (χ2n) is 6.18. The van der Waals surface area contributed by atoms with Gasteiger partial charge in [-0.1, -0.05) is 11.6 Å². The molecule has 0 aromatic carbocycles. The Balaban J connectivity index is 2.26. The van der Waals surface area contributed by atoms with E-state index in [0.717, 1.165) is 0 Å². The van der Waals surface area contributed by atoms with Crippen molar-refractivity contribution in [2.75, 3.05) is 19.1 Å². The summed E-state index contributed by atoms with van der Waals surface area (Å²) in [5.74, 6) is -2.20. The summed E-state index contributed by atoms with van der Waals surface area (Å²) in [5.41, 5.74) is -4.84. The van der Waals surface area contributed by atoms with Crippen LogP contribution in [0.2, 0.25) is 0 Å². The molecule has 1 aromatic heterocycles. The fraction of sp³-hybridized carbons (Fsp3) is 0.600. The number of phosphoric ester groups is 1. The van der Waals surface area contributed by atoms with Gasteiger partial charge in [0.05, 0.1) is 25.3 Å². The highest BCUT2D eigenvalue weighted by Gasteiger charge is 2.60. The van der Waals surface area contributed by atoms with E-state index in [4.69, 9.17) is 42.6 Å². The van der Waals surface area contributed by atoms with Crippen LogP contribution in [0.4, 0.5) is 4.39 Å². The summed E-state index contributed by atoms with van der Waals surface area (Å²) in [6.45, 7) is -2.00. The number of phosphoric acid groups is 3. The zero-order valence-electron chi connectivity index (χ0n) is 15.1. The summed E-state index contributed by atoms with van der Waals surface area (Å²) >= 11 is 11.9. The maximum absolute atomic E-state index is 13.6. The van der Waals surface area contributed by atoms with Gasteiger partial charge in [0.15, 0.2) is 5.00 Å². The molecule has 2 rings (SSSR count). The Morgan fingerprint density at radius 1 is 1.22 bits per heavy atom. The van der Waals surface area contributed by atoms with Crippen molar-refractivity contribution in [3.05, 3.63) is 32.9 Å². The topological polar surface area (TPSA) is 244 Å². The van der Waals surface area contributed by atoms with Gasteiger partial charge in [-0.25, -0.2) is 18.5 Å². The van der Waals surface area contributed by atoms with E-state index < -0.39 is 76.3 Å². The van der Waals surface area contributed by atoms with E-state index in [9.17, 15) is 37.7 Å². The standard InChI is InChI=1S/C10H14Cl2FN2O14P3/c11-2-9(3-27-31(22,23)29-32(24,25)28-30(19,20)21)7(17)10(12,4-26-9)15-1-5(13)6(16)14-8(15)18/h1,7,17H,2-4H2,(H,22,23)(H,24,25)(H,14,16,18)(H2,19,20,21)/t7-,9-,10+/m1/s1. The number of hydrogen-bond donors (Lipinski definition) is 6. The van der Waals surface area contributed by atoms with Gasteiger partial charge in [-0.15, -0.1) is 11.6 Å². The van der Waals surface area contributed by atoms with Crippen molar-refractivity contribution in [2.45, 2.75) is 16.7 Å². The lowest BCUT2D eigenvalue weighted by Crippen LogP contribution is -2.55. The highest BCUT2D eigenvalue weighted by Crippen LogP contribution is 2.66. The van der Waals surface area contributed by atoms with E-state index in [1.807, 2.05) is 0 Å². The van der Waals surface area contributed by atoms with Gasteiger partial charge in [-0.2, -0.15) is 13.0 Å². The van der Waals surface area contributed by atoms with E-state index in [1.54, 1.807) is 4.98 Å². The molecule has 0 amide bonds. The quantitative estimate of drug-likeness (QED) is 0.159. The predicted octanol–water partition coefficient (Wildman–Crippen LogP) is -0.721. The van der Waals surface area contributed by atoms with Crippen LogP contribution in [0.25, 0.3) is 0 Å². The van der Waals surface area contributed by atoms with Crippen LogP contribution in [-0.2, 0) is 36.6 Å². The van der Waals surface area contributed by atoms with Gasteiger partial charge in [-0.3, -0.25) is 18.9 Å². The summed E-state index contributed by atoms with van der Waals surface area (Å²) < 4.78 is 64.6. The zero-order chi connectivity index (χ0) is 24.8. The number of aliphatic hydroxyl groups excluding tert-OH is 1. The number of aliphatic hydroxyl groups is 1. The maximum atomic E-state index is 13.6. The van der Waals surface area contributed by atoms with Crippen molar-refractivity contribution < 1.29 is 60.6 Å². The predicted molar refractivity (Wildman–Crippen MR) is 100 cm³/mol.